The maximum atomic E-state index is 15.1. The number of rotatable bonds is 5. The number of carboxylic acid groups (broad SMARTS) is 1. The number of aromatic carboxylic acids is 1. The van der Waals surface area contributed by atoms with Gasteiger partial charge in [-0.25, -0.2) is 4.79 Å². The average molecular weight is 519 g/mol. The summed E-state index contributed by atoms with van der Waals surface area (Å²) in [7, 11) is 1.42. The average Bonchev–Trinajstić information content (AvgIpc) is 3.36. The van der Waals surface area contributed by atoms with Crippen LogP contribution in [0.15, 0.2) is 36.4 Å². The highest BCUT2D eigenvalue weighted by Crippen LogP contribution is 2.66. The highest BCUT2D eigenvalue weighted by atomic mass is 32.1. The van der Waals surface area contributed by atoms with Crippen molar-refractivity contribution in [3.05, 3.63) is 62.2 Å². The van der Waals surface area contributed by atoms with E-state index in [1.807, 2.05) is 0 Å². The molecular weight excluding hydrogens is 502 g/mol. The number of ether oxygens (including phenoxy) is 1. The molecule has 0 aliphatic heterocycles. The Morgan fingerprint density at radius 3 is 1.91 bits per heavy atom. The summed E-state index contributed by atoms with van der Waals surface area (Å²) in [6, 6.07) is 8.17. The molecule has 34 heavy (non-hydrogen) atoms. The lowest BCUT2D eigenvalue weighted by atomic mass is 9.94. The molecule has 0 spiro atoms. The summed E-state index contributed by atoms with van der Waals surface area (Å²) in [5.74, 6) is -17.5. The van der Waals surface area contributed by atoms with Crippen molar-refractivity contribution in [1.29, 1.82) is 0 Å². The zero-order valence-electron chi connectivity index (χ0n) is 17.8. The smallest absolute Gasteiger partial charge is 0.380 e. The largest absolute Gasteiger partial charge is 0.497 e. The molecule has 0 atom stereocenters. The summed E-state index contributed by atoms with van der Waals surface area (Å²) in [4.78, 5) is 11.9. The molecule has 3 aromatic rings. The Labute approximate surface area is 197 Å². The van der Waals surface area contributed by atoms with Gasteiger partial charge in [-0.1, -0.05) is 0 Å². The van der Waals surface area contributed by atoms with Gasteiger partial charge in [0.05, 0.1) is 7.11 Å². The zero-order chi connectivity index (χ0) is 25.2. The van der Waals surface area contributed by atoms with Crippen molar-refractivity contribution in [2.24, 2.45) is 0 Å². The van der Waals surface area contributed by atoms with Crippen LogP contribution in [-0.4, -0.2) is 36.0 Å². The number of halogens is 6. The van der Waals surface area contributed by atoms with Gasteiger partial charge in [0.15, 0.2) is 0 Å². The van der Waals surface area contributed by atoms with Crippen molar-refractivity contribution in [3.63, 3.8) is 0 Å². The van der Waals surface area contributed by atoms with Crippen LogP contribution < -0.4 is 4.74 Å². The summed E-state index contributed by atoms with van der Waals surface area (Å²) < 4.78 is 94.4. The molecule has 0 fully saturated rings. The number of carboxylic acids is 1. The standard InChI is InChI=1S/C23H16F6O3S2/c1-10-8-14(11(2)33-10)17-18(22(26,27)23(28,29)21(17,24)25)15-9-16(34-19(15)20(30)31)12-4-6-13(32-3)7-5-12/h4-9H,1-3H3,(H,30,31). The Morgan fingerprint density at radius 1 is 0.882 bits per heavy atom. The van der Waals surface area contributed by atoms with E-state index in [2.05, 4.69) is 0 Å². The van der Waals surface area contributed by atoms with E-state index in [1.165, 1.54) is 45.2 Å². The van der Waals surface area contributed by atoms with E-state index in [1.54, 1.807) is 0 Å². The number of benzene rings is 1. The molecule has 0 saturated carbocycles. The molecule has 2 aromatic heterocycles. The van der Waals surface area contributed by atoms with Crippen LogP contribution in [0, 0.1) is 13.8 Å². The first-order chi connectivity index (χ1) is 15.7. The van der Waals surface area contributed by atoms with Crippen LogP contribution in [0.1, 0.15) is 30.6 Å². The predicted octanol–water partition coefficient (Wildman–Crippen LogP) is 7.63. The third kappa shape index (κ3) is 3.36. The topological polar surface area (TPSA) is 46.5 Å². The molecule has 0 amide bonds. The molecule has 0 saturated heterocycles. The zero-order valence-corrected chi connectivity index (χ0v) is 19.4. The molecule has 0 bridgehead atoms. The van der Waals surface area contributed by atoms with Crippen LogP contribution >= 0.6 is 22.7 Å². The van der Waals surface area contributed by atoms with Crippen molar-refractivity contribution in [2.75, 3.05) is 7.11 Å². The van der Waals surface area contributed by atoms with Gasteiger partial charge in [0.2, 0.25) is 0 Å². The Morgan fingerprint density at radius 2 is 1.44 bits per heavy atom. The number of allylic oxidation sites excluding steroid dienone is 2. The minimum atomic E-state index is -5.76. The fraction of sp³-hybridized carbons (Fsp3) is 0.261. The minimum Gasteiger partial charge on any atom is -0.497 e. The lowest BCUT2D eigenvalue weighted by Gasteiger charge is -2.25. The van der Waals surface area contributed by atoms with Crippen molar-refractivity contribution >= 4 is 39.8 Å². The van der Waals surface area contributed by atoms with Crippen LogP contribution in [0.5, 0.6) is 5.75 Å². The van der Waals surface area contributed by atoms with Crippen LogP contribution in [-0.2, 0) is 0 Å². The molecule has 11 heteroatoms. The van der Waals surface area contributed by atoms with Gasteiger partial charge in [-0.15, -0.1) is 22.7 Å². The first kappa shape index (κ1) is 24.3. The number of hydrogen-bond acceptors (Lipinski definition) is 4. The van der Waals surface area contributed by atoms with Crippen molar-refractivity contribution in [2.45, 2.75) is 31.6 Å². The Hall–Kier alpha value is -2.79. The summed E-state index contributed by atoms with van der Waals surface area (Å²) >= 11 is 1.52. The number of thiophene rings is 2. The predicted molar refractivity (Wildman–Crippen MR) is 119 cm³/mol. The Bertz CT molecular complexity index is 1320. The summed E-state index contributed by atoms with van der Waals surface area (Å²) in [6.07, 6.45) is 0. The maximum absolute atomic E-state index is 15.1. The highest BCUT2D eigenvalue weighted by Gasteiger charge is 2.80. The van der Waals surface area contributed by atoms with E-state index < -0.39 is 50.9 Å². The van der Waals surface area contributed by atoms with Crippen LogP contribution in [0.3, 0.4) is 0 Å². The lowest BCUT2D eigenvalue weighted by molar-refractivity contribution is -0.254. The van der Waals surface area contributed by atoms with E-state index in [4.69, 9.17) is 4.74 Å². The molecule has 180 valence electrons. The van der Waals surface area contributed by atoms with Gasteiger partial charge in [-0.05, 0) is 61.4 Å². The van der Waals surface area contributed by atoms with Gasteiger partial charge in [-0.3, -0.25) is 0 Å². The van der Waals surface area contributed by atoms with Gasteiger partial charge in [0.25, 0.3) is 0 Å². The second kappa shape index (κ2) is 7.88. The minimum absolute atomic E-state index is 0.134. The first-order valence-electron chi connectivity index (χ1n) is 9.72. The van der Waals surface area contributed by atoms with Gasteiger partial charge >= 0.3 is 23.7 Å². The van der Waals surface area contributed by atoms with Crippen molar-refractivity contribution in [1.82, 2.24) is 0 Å². The fourth-order valence-electron chi connectivity index (χ4n) is 3.94. The molecule has 0 unspecified atom stereocenters. The molecule has 1 aromatic carbocycles. The second-order valence-corrected chi connectivity index (χ2v) is 10.2. The molecule has 3 nitrogen and oxygen atoms in total. The van der Waals surface area contributed by atoms with Crippen LogP contribution in [0.25, 0.3) is 21.6 Å². The summed E-state index contributed by atoms with van der Waals surface area (Å²) in [5.41, 5.74) is -4.15. The summed E-state index contributed by atoms with van der Waals surface area (Å²) in [5, 5.41) is 9.66. The van der Waals surface area contributed by atoms with Crippen molar-refractivity contribution < 1.29 is 41.0 Å². The molecule has 1 aliphatic rings. The molecular formula is C23H16F6O3S2. The number of aryl methyl sites for hydroxylation is 2. The Balaban J connectivity index is 2.06. The van der Waals surface area contributed by atoms with Gasteiger partial charge in [-0.2, -0.15) is 26.3 Å². The van der Waals surface area contributed by atoms with E-state index in [-0.39, 0.29) is 9.75 Å². The van der Waals surface area contributed by atoms with Crippen molar-refractivity contribution in [3.8, 4) is 16.2 Å². The SMILES string of the molecule is COc1ccc(-c2cc(C3=C(c4cc(C)sc4C)C(F)(F)C(F)(F)C3(F)F)c(C(=O)O)s2)cc1. The lowest BCUT2D eigenvalue weighted by Crippen LogP contribution is -2.49. The van der Waals surface area contributed by atoms with Gasteiger partial charge in [0.1, 0.15) is 10.6 Å². The van der Waals surface area contributed by atoms with Crippen LogP contribution in [0.2, 0.25) is 0 Å². The number of carbonyl (C=O) groups is 1. The number of alkyl halides is 6. The fourth-order valence-corrected chi connectivity index (χ4v) is 5.88. The highest BCUT2D eigenvalue weighted by molar-refractivity contribution is 7.17. The molecule has 1 aliphatic carbocycles. The van der Waals surface area contributed by atoms with E-state index >= 15 is 8.78 Å². The third-order valence-electron chi connectivity index (χ3n) is 5.55. The van der Waals surface area contributed by atoms with Gasteiger partial charge in [0, 0.05) is 31.3 Å². The normalized spacial score (nSPS) is 18.4. The van der Waals surface area contributed by atoms with Crippen LogP contribution in [0.4, 0.5) is 26.3 Å². The quantitative estimate of drug-likeness (QED) is 0.353. The third-order valence-corrected chi connectivity index (χ3v) is 7.69. The van der Waals surface area contributed by atoms with E-state index in [0.29, 0.717) is 27.5 Å². The van der Waals surface area contributed by atoms with E-state index in [9.17, 15) is 27.5 Å². The molecule has 4 rings (SSSR count). The molecule has 2 heterocycles. The number of methoxy groups -OCH3 is 1. The monoisotopic (exact) mass is 518 g/mol. The van der Waals surface area contributed by atoms with E-state index in [0.717, 1.165) is 23.5 Å². The molecule has 1 N–H and O–H groups in total. The summed E-state index contributed by atoms with van der Waals surface area (Å²) in [6.45, 7) is 2.89. The second-order valence-electron chi connectivity index (χ2n) is 7.69. The first-order valence-corrected chi connectivity index (χ1v) is 11.3. The maximum Gasteiger partial charge on any atom is 0.380 e. The van der Waals surface area contributed by atoms with Gasteiger partial charge < -0.3 is 9.84 Å². The molecule has 0 radical (unpaired) electrons. The number of hydrogen-bond donors (Lipinski definition) is 1. The Kier molecular flexibility index (Phi) is 5.64.